The fraction of sp³-hybridized carbons (Fsp3) is 0.909. The van der Waals surface area contributed by atoms with Crippen molar-refractivity contribution in [3.8, 4) is 0 Å². The molecule has 0 aliphatic rings. The van der Waals surface area contributed by atoms with Crippen LogP contribution in [-0.2, 0) is 42.6 Å². The molecule has 0 aromatic rings. The number of nitrogens with zero attached hydrogens (tertiary/aromatic N) is 9. The van der Waals surface area contributed by atoms with Crippen molar-refractivity contribution in [3.05, 3.63) is 31.3 Å². The first-order valence-electron chi connectivity index (χ1n) is 17.9. The summed E-state index contributed by atoms with van der Waals surface area (Å²) in [5.41, 5.74) is 22.1. The summed E-state index contributed by atoms with van der Waals surface area (Å²) in [6.07, 6.45) is 1.04. The lowest BCUT2D eigenvalue weighted by molar-refractivity contribution is -0.0909. The number of hydrogen-bond acceptors (Lipinski definition) is 15. The van der Waals surface area contributed by atoms with E-state index < -0.39 is 40.7 Å². The molecule has 0 spiro atoms. The Balaban J connectivity index is 5.02. The van der Waals surface area contributed by atoms with Gasteiger partial charge in [-0.1, -0.05) is 22.3 Å². The first-order valence-corrected chi connectivity index (χ1v) is 17.9. The Labute approximate surface area is 316 Å². The van der Waals surface area contributed by atoms with E-state index in [1.54, 1.807) is 41.5 Å². The van der Waals surface area contributed by atoms with Crippen molar-refractivity contribution in [1.29, 1.82) is 0 Å². The zero-order chi connectivity index (χ0) is 40.8. The van der Waals surface area contributed by atoms with Gasteiger partial charge < -0.3 is 42.6 Å². The summed E-state index contributed by atoms with van der Waals surface area (Å²) >= 11 is 0. The molecule has 21 nitrogen and oxygen atoms in total. The Kier molecular flexibility index (Phi) is 25.8. The molecular formula is C33H59N9O12. The third-order valence-corrected chi connectivity index (χ3v) is 7.70. The third-order valence-electron chi connectivity index (χ3n) is 7.70. The van der Waals surface area contributed by atoms with Crippen molar-refractivity contribution in [3.63, 3.8) is 0 Å². The van der Waals surface area contributed by atoms with Crippen LogP contribution in [0.3, 0.4) is 0 Å². The molecule has 0 amide bonds. The molecule has 308 valence electrons. The van der Waals surface area contributed by atoms with Gasteiger partial charge in [0.2, 0.25) is 0 Å². The molecule has 0 aromatic heterocycles. The monoisotopic (exact) mass is 773 g/mol. The lowest BCUT2D eigenvalue weighted by Gasteiger charge is -2.32. The van der Waals surface area contributed by atoms with Crippen molar-refractivity contribution in [2.75, 3.05) is 79.1 Å². The maximum absolute atomic E-state index is 12.2. The van der Waals surface area contributed by atoms with E-state index in [0.717, 1.165) is 0 Å². The van der Waals surface area contributed by atoms with Crippen LogP contribution in [0.25, 0.3) is 31.3 Å². The summed E-state index contributed by atoms with van der Waals surface area (Å²) in [6, 6.07) is 0. The van der Waals surface area contributed by atoms with Gasteiger partial charge in [-0.3, -0.25) is 0 Å². The number of rotatable bonds is 31. The highest BCUT2D eigenvalue weighted by Crippen LogP contribution is 2.25. The Bertz CT molecular complexity index is 1100. The van der Waals surface area contributed by atoms with Gasteiger partial charge in [0, 0.05) is 39.8 Å². The fourth-order valence-corrected chi connectivity index (χ4v) is 4.63. The second kappa shape index (κ2) is 28.1. The number of carbonyl (C=O) groups excluding carboxylic acids is 3. The van der Waals surface area contributed by atoms with E-state index in [0.29, 0.717) is 64.6 Å². The van der Waals surface area contributed by atoms with E-state index in [2.05, 4.69) is 30.1 Å². The Morgan fingerprint density at radius 3 is 1.02 bits per heavy atom. The lowest BCUT2D eigenvalue weighted by Crippen LogP contribution is -2.38. The molecule has 0 radical (unpaired) electrons. The van der Waals surface area contributed by atoms with Crippen LogP contribution in [0.4, 0.5) is 14.4 Å². The number of carbonyl (C=O) groups is 3. The molecular weight excluding hydrogens is 714 g/mol. The van der Waals surface area contributed by atoms with Gasteiger partial charge in [0.15, 0.2) is 0 Å². The maximum atomic E-state index is 12.2. The highest BCUT2D eigenvalue weighted by atomic mass is 16.7. The van der Waals surface area contributed by atoms with E-state index in [4.69, 9.17) is 59.2 Å². The molecule has 0 bridgehead atoms. The number of ether oxygens (including phenoxy) is 9. The zero-order valence-electron chi connectivity index (χ0n) is 32.9. The van der Waals surface area contributed by atoms with Gasteiger partial charge in [-0.05, 0) is 103 Å². The van der Waals surface area contributed by atoms with Crippen LogP contribution in [0.1, 0.15) is 93.4 Å². The van der Waals surface area contributed by atoms with Crippen molar-refractivity contribution >= 4 is 18.5 Å². The minimum absolute atomic E-state index is 0.0510. The molecule has 0 heterocycles. The van der Waals surface area contributed by atoms with Crippen LogP contribution in [0.5, 0.6) is 0 Å². The van der Waals surface area contributed by atoms with Gasteiger partial charge in [-0.2, -0.15) is 0 Å². The SMILES string of the molecule is CCC(COCCOC(=O)OC(C)(C)CCCN=[N+]=[N-])(COCCOC(=O)OC(C)(C)CCCN=[N+]=[N-])COCCOC(=O)OC(C)(C)CCCN=[N+]=[N-]. The molecule has 0 rings (SSSR count). The van der Waals surface area contributed by atoms with Crippen LogP contribution in [0.2, 0.25) is 0 Å². The van der Waals surface area contributed by atoms with Crippen LogP contribution in [0, 0.1) is 5.41 Å². The van der Waals surface area contributed by atoms with E-state index in [-0.39, 0.29) is 59.5 Å². The molecule has 0 fully saturated rings. The van der Waals surface area contributed by atoms with Crippen LogP contribution >= 0.6 is 0 Å². The van der Waals surface area contributed by atoms with Crippen LogP contribution in [-0.4, -0.2) is 114 Å². The summed E-state index contributed by atoms with van der Waals surface area (Å²) in [6.45, 7) is 13.5. The predicted octanol–water partition coefficient (Wildman–Crippen LogP) is 8.50. The largest absolute Gasteiger partial charge is 0.508 e. The van der Waals surface area contributed by atoms with E-state index in [1.807, 2.05) is 6.92 Å². The summed E-state index contributed by atoms with van der Waals surface area (Å²) in [5.74, 6) is 0. The summed E-state index contributed by atoms with van der Waals surface area (Å²) in [7, 11) is 0. The fourth-order valence-electron chi connectivity index (χ4n) is 4.63. The molecule has 0 N–H and O–H groups in total. The van der Waals surface area contributed by atoms with Crippen molar-refractivity contribution in [2.24, 2.45) is 20.8 Å². The minimum atomic E-state index is -0.856. The van der Waals surface area contributed by atoms with E-state index in [9.17, 15) is 14.4 Å². The van der Waals surface area contributed by atoms with Gasteiger partial charge in [0.1, 0.15) is 36.6 Å². The summed E-state index contributed by atoms with van der Waals surface area (Å²) in [5, 5.41) is 10.4. The molecule has 0 unspecified atom stereocenters. The van der Waals surface area contributed by atoms with Gasteiger partial charge in [0.05, 0.1) is 39.6 Å². The van der Waals surface area contributed by atoms with E-state index in [1.165, 1.54) is 0 Å². The minimum Gasteiger partial charge on any atom is -0.432 e. The normalized spacial score (nSPS) is 12.5. The lowest BCUT2D eigenvalue weighted by atomic mass is 9.88. The van der Waals surface area contributed by atoms with Crippen molar-refractivity contribution in [1.82, 2.24) is 0 Å². The highest BCUT2D eigenvalue weighted by Gasteiger charge is 2.31. The Morgan fingerprint density at radius 1 is 0.500 bits per heavy atom. The molecule has 0 aromatic carbocycles. The smallest absolute Gasteiger partial charge is 0.432 e. The first kappa shape index (κ1) is 49.6. The van der Waals surface area contributed by atoms with Crippen molar-refractivity contribution in [2.45, 2.75) is 110 Å². The number of hydrogen-bond donors (Lipinski definition) is 0. The average Bonchev–Trinajstić information content (AvgIpc) is 3.09. The molecule has 0 aliphatic carbocycles. The topological polar surface area (TPSA) is 281 Å². The zero-order valence-corrected chi connectivity index (χ0v) is 32.9. The van der Waals surface area contributed by atoms with Crippen molar-refractivity contribution < 1.29 is 57.0 Å². The second-order valence-corrected chi connectivity index (χ2v) is 14.1. The Hall–Kier alpha value is -4.38. The molecule has 0 saturated carbocycles. The van der Waals surface area contributed by atoms with Crippen LogP contribution in [0.15, 0.2) is 15.3 Å². The molecule has 21 heteroatoms. The van der Waals surface area contributed by atoms with Gasteiger partial charge in [-0.15, -0.1) is 0 Å². The predicted molar refractivity (Wildman–Crippen MR) is 194 cm³/mol. The van der Waals surface area contributed by atoms with E-state index >= 15 is 0 Å². The quantitative estimate of drug-likeness (QED) is 0.0160. The average molecular weight is 774 g/mol. The Morgan fingerprint density at radius 2 is 0.778 bits per heavy atom. The maximum Gasteiger partial charge on any atom is 0.508 e. The second-order valence-electron chi connectivity index (χ2n) is 14.1. The molecule has 0 saturated heterocycles. The summed E-state index contributed by atoms with van der Waals surface area (Å²) < 4.78 is 49.2. The molecule has 0 atom stereocenters. The van der Waals surface area contributed by atoms with Gasteiger partial charge in [0.25, 0.3) is 0 Å². The summed E-state index contributed by atoms with van der Waals surface area (Å²) in [4.78, 5) is 44.8. The highest BCUT2D eigenvalue weighted by molar-refractivity contribution is 5.61. The van der Waals surface area contributed by atoms with Crippen LogP contribution < -0.4 is 0 Å². The molecule has 0 aliphatic heterocycles. The first-order chi connectivity index (χ1) is 25.5. The standard InChI is InChI=1S/C33H59N9O12/c1-8-33(24-46-18-21-49-27(43)52-30(2,3)12-9-15-37-40-34,25-47-19-22-50-28(44)53-31(4,5)13-10-16-38-41-35)26-48-20-23-51-29(45)54-32(6,7)14-11-17-39-42-36/h8-26H2,1-7H3. The molecule has 54 heavy (non-hydrogen) atoms. The number of azide groups is 3. The van der Waals surface area contributed by atoms with Gasteiger partial charge >= 0.3 is 18.5 Å². The third kappa shape index (κ3) is 27.3. The van der Waals surface area contributed by atoms with Gasteiger partial charge in [-0.25, -0.2) is 14.4 Å².